The quantitative estimate of drug-likeness (QED) is 0.924. The first kappa shape index (κ1) is 13.5. The highest BCUT2D eigenvalue weighted by Gasteiger charge is 2.31. The van der Waals surface area contributed by atoms with Crippen LogP contribution in [-0.2, 0) is 7.05 Å². The van der Waals surface area contributed by atoms with Gasteiger partial charge in [-0.25, -0.2) is 0 Å². The lowest BCUT2D eigenvalue weighted by Crippen LogP contribution is -2.34. The van der Waals surface area contributed by atoms with Crippen LogP contribution in [0.15, 0.2) is 24.3 Å². The third kappa shape index (κ3) is 2.42. The molecule has 1 fully saturated rings. The Bertz CT molecular complexity index is 627. The molecule has 3 nitrogen and oxygen atoms in total. The monoisotopic (exact) mass is 289 g/mol. The van der Waals surface area contributed by atoms with Gasteiger partial charge >= 0.3 is 0 Å². The Labute approximate surface area is 124 Å². The van der Waals surface area contributed by atoms with Crippen LogP contribution < -0.4 is 5.32 Å². The van der Waals surface area contributed by atoms with E-state index in [0.29, 0.717) is 12.0 Å². The zero-order valence-corrected chi connectivity index (χ0v) is 12.9. The number of benzene rings is 1. The average molecular weight is 290 g/mol. The van der Waals surface area contributed by atoms with Gasteiger partial charge in [-0.1, -0.05) is 23.7 Å². The molecule has 1 heterocycles. The van der Waals surface area contributed by atoms with Gasteiger partial charge < -0.3 is 5.32 Å². The van der Waals surface area contributed by atoms with Gasteiger partial charge in [-0.2, -0.15) is 5.10 Å². The maximum atomic E-state index is 6.05. The van der Waals surface area contributed by atoms with Gasteiger partial charge in [0.25, 0.3) is 0 Å². The van der Waals surface area contributed by atoms with Crippen LogP contribution in [0.25, 0.3) is 0 Å². The highest BCUT2D eigenvalue weighted by Crippen LogP contribution is 2.39. The molecular formula is C16H20ClN3. The maximum absolute atomic E-state index is 6.05. The molecule has 1 aromatic heterocycles. The zero-order valence-electron chi connectivity index (χ0n) is 12.2. The van der Waals surface area contributed by atoms with Crippen LogP contribution in [0.1, 0.15) is 35.7 Å². The van der Waals surface area contributed by atoms with Crippen molar-refractivity contribution in [2.45, 2.75) is 38.6 Å². The smallest absolute Gasteiger partial charge is 0.0827 e. The molecule has 0 radical (unpaired) electrons. The lowest BCUT2D eigenvalue weighted by Gasteiger charge is -2.37. The molecule has 1 aliphatic carbocycles. The number of hydrogen-bond donors (Lipinski definition) is 1. The number of aryl methyl sites for hydroxylation is 2. The largest absolute Gasteiger partial charge is 0.379 e. The second kappa shape index (κ2) is 5.13. The van der Waals surface area contributed by atoms with Crippen LogP contribution in [0.3, 0.4) is 0 Å². The molecule has 1 saturated carbocycles. The number of rotatable bonds is 3. The lowest BCUT2D eigenvalue weighted by molar-refractivity contribution is 0.374. The van der Waals surface area contributed by atoms with E-state index in [1.165, 1.54) is 16.9 Å². The van der Waals surface area contributed by atoms with Crippen molar-refractivity contribution in [3.8, 4) is 0 Å². The fraction of sp³-hybridized carbons (Fsp3) is 0.438. The van der Waals surface area contributed by atoms with Crippen LogP contribution in [0, 0.1) is 13.8 Å². The summed E-state index contributed by atoms with van der Waals surface area (Å²) in [4.78, 5) is 0. The molecule has 0 bridgehead atoms. The van der Waals surface area contributed by atoms with Gasteiger partial charge in [0.05, 0.1) is 17.1 Å². The summed E-state index contributed by atoms with van der Waals surface area (Å²) in [7, 11) is 1.99. The van der Waals surface area contributed by atoms with Crippen LogP contribution in [0.2, 0.25) is 5.02 Å². The molecule has 1 aromatic carbocycles. The van der Waals surface area contributed by atoms with Gasteiger partial charge in [-0.05, 0) is 50.3 Å². The Balaban J connectivity index is 1.64. The van der Waals surface area contributed by atoms with Gasteiger partial charge in [0.15, 0.2) is 0 Å². The highest BCUT2D eigenvalue weighted by atomic mass is 35.5. The summed E-state index contributed by atoms with van der Waals surface area (Å²) in [5.41, 5.74) is 4.84. The van der Waals surface area contributed by atoms with E-state index in [2.05, 4.69) is 36.4 Å². The van der Waals surface area contributed by atoms with Crippen LogP contribution in [0.4, 0.5) is 5.69 Å². The van der Waals surface area contributed by atoms with Gasteiger partial charge in [0, 0.05) is 18.1 Å². The van der Waals surface area contributed by atoms with Crippen molar-refractivity contribution >= 4 is 17.3 Å². The summed E-state index contributed by atoms with van der Waals surface area (Å²) < 4.78 is 1.94. The second-order valence-electron chi connectivity index (χ2n) is 5.73. The molecule has 4 heteroatoms. The molecule has 0 aliphatic heterocycles. The third-order valence-corrected chi connectivity index (χ3v) is 4.55. The minimum atomic E-state index is 0.542. The summed E-state index contributed by atoms with van der Waals surface area (Å²) >= 11 is 6.05. The van der Waals surface area contributed by atoms with E-state index in [1.807, 2.05) is 23.9 Å². The molecule has 1 N–H and O–H groups in total. The van der Waals surface area contributed by atoms with Crippen molar-refractivity contribution in [1.29, 1.82) is 0 Å². The first-order valence-electron chi connectivity index (χ1n) is 7.07. The fourth-order valence-electron chi connectivity index (χ4n) is 2.96. The number of anilines is 1. The molecule has 2 aromatic rings. The first-order chi connectivity index (χ1) is 9.54. The maximum Gasteiger partial charge on any atom is 0.0827 e. The zero-order chi connectivity index (χ0) is 14.3. The van der Waals surface area contributed by atoms with E-state index in [1.54, 1.807) is 0 Å². The summed E-state index contributed by atoms with van der Waals surface area (Å²) in [6.45, 7) is 4.16. The second-order valence-corrected chi connectivity index (χ2v) is 6.17. The number of aromatic nitrogens is 2. The number of nitrogens with one attached hydrogen (secondary N) is 1. The molecule has 0 amide bonds. The Morgan fingerprint density at radius 3 is 2.65 bits per heavy atom. The number of hydrogen-bond acceptors (Lipinski definition) is 2. The third-order valence-electron chi connectivity index (χ3n) is 4.32. The topological polar surface area (TPSA) is 29.9 Å². The molecule has 0 atom stereocenters. The minimum absolute atomic E-state index is 0.542. The predicted octanol–water partition coefficient (Wildman–Crippen LogP) is 4.05. The van der Waals surface area contributed by atoms with Crippen LogP contribution >= 0.6 is 11.6 Å². The van der Waals surface area contributed by atoms with Gasteiger partial charge in [0.2, 0.25) is 0 Å². The van der Waals surface area contributed by atoms with Gasteiger partial charge in [0.1, 0.15) is 0 Å². The van der Waals surface area contributed by atoms with Crippen molar-refractivity contribution in [3.05, 3.63) is 46.2 Å². The first-order valence-corrected chi connectivity index (χ1v) is 7.44. The fourth-order valence-corrected chi connectivity index (χ4v) is 3.15. The van der Waals surface area contributed by atoms with E-state index >= 15 is 0 Å². The van der Waals surface area contributed by atoms with Crippen molar-refractivity contribution < 1.29 is 0 Å². The normalized spacial score (nSPS) is 21.6. The summed E-state index contributed by atoms with van der Waals surface area (Å²) in [5, 5.41) is 8.91. The Kier molecular flexibility index (Phi) is 3.47. The van der Waals surface area contributed by atoms with E-state index < -0.39 is 0 Å². The average Bonchev–Trinajstić information content (AvgIpc) is 2.58. The summed E-state index contributed by atoms with van der Waals surface area (Å²) in [6, 6.07) is 8.77. The Hall–Kier alpha value is -1.48. The summed E-state index contributed by atoms with van der Waals surface area (Å²) in [6.07, 6.45) is 2.32. The molecule has 20 heavy (non-hydrogen) atoms. The molecular weight excluding hydrogens is 270 g/mol. The van der Waals surface area contributed by atoms with Crippen molar-refractivity contribution in [1.82, 2.24) is 9.78 Å². The number of halogens is 1. The minimum Gasteiger partial charge on any atom is -0.379 e. The molecule has 1 aliphatic rings. The molecule has 106 valence electrons. The van der Waals surface area contributed by atoms with Crippen molar-refractivity contribution in [3.63, 3.8) is 0 Å². The van der Waals surface area contributed by atoms with E-state index in [-0.39, 0.29) is 0 Å². The van der Waals surface area contributed by atoms with Crippen molar-refractivity contribution in [2.24, 2.45) is 7.05 Å². The predicted molar refractivity (Wildman–Crippen MR) is 83.5 cm³/mol. The molecule has 0 spiro atoms. The molecule has 3 rings (SSSR count). The van der Waals surface area contributed by atoms with Crippen molar-refractivity contribution in [2.75, 3.05) is 5.32 Å². The van der Waals surface area contributed by atoms with Gasteiger partial charge in [-0.15, -0.1) is 0 Å². The van der Waals surface area contributed by atoms with Crippen LogP contribution in [0.5, 0.6) is 0 Å². The molecule has 0 unspecified atom stereocenters. The van der Waals surface area contributed by atoms with E-state index in [4.69, 9.17) is 11.6 Å². The Morgan fingerprint density at radius 1 is 1.30 bits per heavy atom. The van der Waals surface area contributed by atoms with Crippen LogP contribution in [-0.4, -0.2) is 15.8 Å². The molecule has 0 saturated heterocycles. The van der Waals surface area contributed by atoms with Gasteiger partial charge in [-0.3, -0.25) is 4.68 Å². The van der Waals surface area contributed by atoms with E-state index in [0.717, 1.165) is 23.6 Å². The SMILES string of the molecule is Cc1nn(C)c(C)c1NC1CC(c2cccc(Cl)c2)C1. The van der Waals surface area contributed by atoms with E-state index in [9.17, 15) is 0 Å². The highest BCUT2D eigenvalue weighted by molar-refractivity contribution is 6.30. The standard InChI is InChI=1S/C16H20ClN3/c1-10-16(11(2)20(3)19-10)18-15-8-13(9-15)12-5-4-6-14(17)7-12/h4-7,13,15,18H,8-9H2,1-3H3. The number of nitrogens with zero attached hydrogens (tertiary/aromatic N) is 2. The lowest BCUT2D eigenvalue weighted by atomic mass is 9.76. The Morgan fingerprint density at radius 2 is 2.05 bits per heavy atom. The summed E-state index contributed by atoms with van der Waals surface area (Å²) in [5.74, 6) is 0.628.